The van der Waals surface area contributed by atoms with E-state index in [1.807, 2.05) is 0 Å². The fraction of sp³-hybridized carbons (Fsp3) is 0.462. The van der Waals surface area contributed by atoms with Crippen molar-refractivity contribution >= 4 is 5.97 Å². The third-order valence-corrected chi connectivity index (χ3v) is 3.35. The van der Waals surface area contributed by atoms with Crippen molar-refractivity contribution in [1.82, 2.24) is 5.32 Å². The van der Waals surface area contributed by atoms with Crippen LogP contribution in [-0.4, -0.2) is 24.7 Å². The van der Waals surface area contributed by atoms with E-state index >= 15 is 0 Å². The molecule has 104 valence electrons. The van der Waals surface area contributed by atoms with Gasteiger partial charge in [-0.1, -0.05) is 12.1 Å². The summed E-state index contributed by atoms with van der Waals surface area (Å²) in [5.74, 6) is -3.35. The van der Waals surface area contributed by atoms with Crippen molar-refractivity contribution in [2.45, 2.75) is 19.1 Å². The lowest BCUT2D eigenvalue weighted by molar-refractivity contribution is -0.141. The largest absolute Gasteiger partial charge is 0.481 e. The first-order valence-corrected chi connectivity index (χ1v) is 5.96. The van der Waals surface area contributed by atoms with E-state index in [2.05, 4.69) is 5.32 Å². The molecule has 0 radical (unpaired) electrons. The van der Waals surface area contributed by atoms with Gasteiger partial charge in [-0.15, -0.1) is 0 Å². The summed E-state index contributed by atoms with van der Waals surface area (Å²) in [6.45, 7) is 0.264. The highest BCUT2D eigenvalue weighted by Crippen LogP contribution is 2.30. The minimum absolute atomic E-state index is 0.00111. The molecule has 1 heterocycles. The molecule has 1 aromatic carbocycles. The van der Waals surface area contributed by atoms with Crippen LogP contribution in [0.2, 0.25) is 0 Å². The van der Waals surface area contributed by atoms with Crippen molar-refractivity contribution < 1.29 is 23.4 Å². The number of hydrogen-bond acceptors (Lipinski definition) is 3. The van der Waals surface area contributed by atoms with E-state index < -0.39 is 29.6 Å². The topological polar surface area (TPSA) is 58.6 Å². The molecule has 4 nitrogen and oxygen atoms in total. The van der Waals surface area contributed by atoms with Gasteiger partial charge in [-0.05, 0) is 6.42 Å². The monoisotopic (exact) mass is 271 g/mol. The molecule has 2 rings (SSSR count). The molecule has 0 aliphatic carbocycles. The Morgan fingerprint density at radius 3 is 2.79 bits per heavy atom. The van der Waals surface area contributed by atoms with E-state index in [1.54, 1.807) is 0 Å². The van der Waals surface area contributed by atoms with Gasteiger partial charge in [0.1, 0.15) is 0 Å². The van der Waals surface area contributed by atoms with Gasteiger partial charge in [0.05, 0.1) is 12.5 Å². The SMILES string of the molecule is COCc1ccc(C2CC(C(=O)O)CN2)c(F)c1F. The summed E-state index contributed by atoms with van der Waals surface area (Å²) in [6.07, 6.45) is 0.259. The maximum Gasteiger partial charge on any atom is 0.307 e. The molecule has 1 saturated heterocycles. The van der Waals surface area contributed by atoms with Gasteiger partial charge in [-0.2, -0.15) is 0 Å². The molecule has 2 atom stereocenters. The molecular formula is C13H15F2NO3. The number of halogens is 2. The second-order valence-electron chi connectivity index (χ2n) is 4.61. The third-order valence-electron chi connectivity index (χ3n) is 3.35. The van der Waals surface area contributed by atoms with Crippen molar-refractivity contribution in [3.8, 4) is 0 Å². The summed E-state index contributed by atoms with van der Waals surface area (Å²) in [5, 5.41) is 11.8. The first kappa shape index (κ1) is 13.9. The van der Waals surface area contributed by atoms with E-state index in [4.69, 9.17) is 9.84 Å². The lowest BCUT2D eigenvalue weighted by Crippen LogP contribution is -2.18. The maximum atomic E-state index is 13.9. The Balaban J connectivity index is 2.22. The number of rotatable bonds is 4. The van der Waals surface area contributed by atoms with Crippen molar-refractivity contribution in [3.05, 3.63) is 34.9 Å². The van der Waals surface area contributed by atoms with Crippen molar-refractivity contribution in [2.24, 2.45) is 5.92 Å². The van der Waals surface area contributed by atoms with E-state index in [1.165, 1.54) is 19.2 Å². The van der Waals surface area contributed by atoms with E-state index in [-0.39, 0.29) is 30.7 Å². The summed E-state index contributed by atoms with van der Waals surface area (Å²) in [5.41, 5.74) is 0.317. The van der Waals surface area contributed by atoms with Crippen LogP contribution in [0.5, 0.6) is 0 Å². The fourth-order valence-electron chi connectivity index (χ4n) is 2.30. The van der Waals surface area contributed by atoms with Crippen LogP contribution in [0.4, 0.5) is 8.78 Å². The standard InChI is InChI=1S/C13H15F2NO3/c1-19-6-7-2-3-9(12(15)11(7)14)10-4-8(5-16-10)13(17)18/h2-3,8,10,16H,4-6H2,1H3,(H,17,18). The van der Waals surface area contributed by atoms with Crippen LogP contribution in [0.25, 0.3) is 0 Å². The number of hydrogen-bond donors (Lipinski definition) is 2. The highest BCUT2D eigenvalue weighted by Gasteiger charge is 2.32. The lowest BCUT2D eigenvalue weighted by Gasteiger charge is -2.14. The van der Waals surface area contributed by atoms with Crippen LogP contribution in [0.15, 0.2) is 12.1 Å². The zero-order chi connectivity index (χ0) is 14.0. The molecular weight excluding hydrogens is 256 g/mol. The molecule has 19 heavy (non-hydrogen) atoms. The zero-order valence-corrected chi connectivity index (χ0v) is 10.5. The molecule has 6 heteroatoms. The van der Waals surface area contributed by atoms with Gasteiger partial charge >= 0.3 is 5.97 Å². The van der Waals surface area contributed by atoms with Crippen molar-refractivity contribution in [1.29, 1.82) is 0 Å². The van der Waals surface area contributed by atoms with Gasteiger partial charge in [-0.25, -0.2) is 8.78 Å². The second kappa shape index (κ2) is 5.63. The number of methoxy groups -OCH3 is 1. The Kier molecular flexibility index (Phi) is 4.11. The molecule has 1 fully saturated rings. The smallest absolute Gasteiger partial charge is 0.307 e. The summed E-state index contributed by atoms with van der Waals surface area (Å²) in [6, 6.07) is 2.48. The van der Waals surface area contributed by atoms with Crippen LogP contribution in [0.1, 0.15) is 23.6 Å². The molecule has 1 aromatic rings. The number of benzene rings is 1. The fourth-order valence-corrected chi connectivity index (χ4v) is 2.30. The second-order valence-corrected chi connectivity index (χ2v) is 4.61. The van der Waals surface area contributed by atoms with Crippen LogP contribution in [-0.2, 0) is 16.1 Å². The molecule has 0 spiro atoms. The predicted molar refractivity (Wildman–Crippen MR) is 63.6 cm³/mol. The first-order valence-electron chi connectivity index (χ1n) is 5.96. The Bertz CT molecular complexity index is 493. The van der Waals surface area contributed by atoms with E-state index in [0.29, 0.717) is 0 Å². The molecule has 2 N–H and O–H groups in total. The average Bonchev–Trinajstić information content (AvgIpc) is 2.85. The van der Waals surface area contributed by atoms with Crippen molar-refractivity contribution in [2.75, 3.05) is 13.7 Å². The number of ether oxygens (including phenoxy) is 1. The Labute approximate surface area is 109 Å². The minimum Gasteiger partial charge on any atom is -0.481 e. The molecule has 1 aliphatic heterocycles. The highest BCUT2D eigenvalue weighted by atomic mass is 19.2. The predicted octanol–water partition coefficient (Wildman–Crippen LogP) is 1.85. The number of aliphatic carboxylic acids is 1. The molecule has 0 bridgehead atoms. The molecule has 0 amide bonds. The van der Waals surface area contributed by atoms with Crippen molar-refractivity contribution in [3.63, 3.8) is 0 Å². The van der Waals surface area contributed by atoms with Gasteiger partial charge in [0.25, 0.3) is 0 Å². The highest BCUT2D eigenvalue weighted by molar-refractivity contribution is 5.70. The molecule has 2 unspecified atom stereocenters. The lowest BCUT2D eigenvalue weighted by atomic mass is 9.98. The molecule has 0 aromatic heterocycles. The average molecular weight is 271 g/mol. The quantitative estimate of drug-likeness (QED) is 0.877. The Morgan fingerprint density at radius 1 is 1.47 bits per heavy atom. The van der Waals surface area contributed by atoms with Crippen LogP contribution in [0.3, 0.4) is 0 Å². The number of carboxylic acids is 1. The summed E-state index contributed by atoms with van der Waals surface area (Å²) in [7, 11) is 1.40. The Hall–Kier alpha value is -1.53. The molecule has 0 saturated carbocycles. The summed E-state index contributed by atoms with van der Waals surface area (Å²) in [4.78, 5) is 10.8. The van der Waals surface area contributed by atoms with Gasteiger partial charge in [0.2, 0.25) is 0 Å². The first-order chi connectivity index (χ1) is 9.04. The number of carbonyl (C=O) groups is 1. The summed E-state index contributed by atoms with van der Waals surface area (Å²) < 4.78 is 32.5. The van der Waals surface area contributed by atoms with E-state index in [0.717, 1.165) is 0 Å². The summed E-state index contributed by atoms with van der Waals surface area (Å²) >= 11 is 0. The van der Waals surface area contributed by atoms with Gasteiger partial charge in [-0.3, -0.25) is 4.79 Å². The maximum absolute atomic E-state index is 13.9. The number of carboxylic acid groups (broad SMARTS) is 1. The third kappa shape index (κ3) is 2.74. The normalized spacial score (nSPS) is 22.7. The van der Waals surface area contributed by atoms with Gasteiger partial charge in [0.15, 0.2) is 11.6 Å². The molecule has 1 aliphatic rings. The van der Waals surface area contributed by atoms with Crippen LogP contribution in [0, 0.1) is 17.6 Å². The van der Waals surface area contributed by atoms with Gasteiger partial charge < -0.3 is 15.2 Å². The number of nitrogens with one attached hydrogen (secondary N) is 1. The zero-order valence-electron chi connectivity index (χ0n) is 10.5. The van der Waals surface area contributed by atoms with Crippen LogP contribution >= 0.6 is 0 Å². The minimum atomic E-state index is -0.932. The van der Waals surface area contributed by atoms with E-state index in [9.17, 15) is 13.6 Å². The Morgan fingerprint density at radius 2 is 2.21 bits per heavy atom. The van der Waals surface area contributed by atoms with Crippen LogP contribution < -0.4 is 5.32 Å². The van der Waals surface area contributed by atoms with Gasteiger partial charge in [0, 0.05) is 30.8 Å².